The van der Waals surface area contributed by atoms with E-state index in [1.165, 1.54) is 0 Å². The van der Waals surface area contributed by atoms with Gasteiger partial charge in [0.15, 0.2) is 4.84 Å². The molecule has 0 rings (SSSR count). The van der Waals surface area contributed by atoms with Crippen molar-refractivity contribution in [3.63, 3.8) is 0 Å². The molecule has 0 heterocycles. The van der Waals surface area contributed by atoms with Crippen molar-refractivity contribution >= 4 is 35.1 Å². The summed E-state index contributed by atoms with van der Waals surface area (Å²) >= 11 is 10.7. The van der Waals surface area contributed by atoms with Crippen LogP contribution >= 0.6 is 23.2 Å². The number of hydrogen-bond acceptors (Lipinski definition) is 3. The molecule has 0 radical (unpaired) electrons. The summed E-state index contributed by atoms with van der Waals surface area (Å²) in [4.78, 5) is 21.3. The molecule has 15 heavy (non-hydrogen) atoms. The number of hydrogen-bond donors (Lipinski definition) is 1. The van der Waals surface area contributed by atoms with E-state index in [2.05, 4.69) is 5.32 Å². The first-order chi connectivity index (χ1) is 6.90. The second-order valence-corrected chi connectivity index (χ2v) is 3.98. The molecular formula is C9H13Cl2NO3. The summed E-state index contributed by atoms with van der Waals surface area (Å²) in [7, 11) is 0. The molecule has 0 aromatic rings. The number of rotatable bonds is 4. The van der Waals surface area contributed by atoms with Crippen LogP contribution in [0.1, 0.15) is 20.8 Å². The van der Waals surface area contributed by atoms with Crippen LogP contribution in [0, 0.1) is 0 Å². The third-order valence-electron chi connectivity index (χ3n) is 1.43. The molecule has 0 atom stereocenters. The average Bonchev–Trinajstić information content (AvgIpc) is 2.13. The predicted molar refractivity (Wildman–Crippen MR) is 58.6 cm³/mol. The Hall–Kier alpha value is -0.740. The van der Waals surface area contributed by atoms with Crippen LogP contribution in [0.25, 0.3) is 0 Å². The van der Waals surface area contributed by atoms with Gasteiger partial charge in [0.05, 0.1) is 6.61 Å². The number of carbonyl (C=O) groups is 2. The molecule has 0 saturated carbocycles. The summed E-state index contributed by atoms with van der Waals surface area (Å²) in [5.74, 6) is -1.25. The van der Waals surface area contributed by atoms with Gasteiger partial charge in [0.1, 0.15) is 5.70 Å². The molecule has 4 nitrogen and oxygen atoms in total. The van der Waals surface area contributed by atoms with E-state index in [0.29, 0.717) is 5.57 Å². The maximum Gasteiger partial charge on any atom is 0.354 e. The molecule has 0 bridgehead atoms. The Bertz CT molecular complexity index is 283. The number of ether oxygens (including phenoxy) is 1. The summed E-state index contributed by atoms with van der Waals surface area (Å²) in [5.41, 5.74) is 0.698. The molecule has 0 aromatic heterocycles. The SMILES string of the molecule is CCOC(=O)C(NC(=O)C(Cl)Cl)=C(C)C. The van der Waals surface area contributed by atoms with Crippen LogP contribution in [-0.2, 0) is 14.3 Å². The Morgan fingerprint density at radius 2 is 1.87 bits per heavy atom. The normalized spacial score (nSPS) is 9.73. The van der Waals surface area contributed by atoms with Gasteiger partial charge in [-0.3, -0.25) is 4.79 Å². The molecule has 0 spiro atoms. The number of halogens is 2. The summed E-state index contributed by atoms with van der Waals surface area (Å²) in [6, 6.07) is 0. The van der Waals surface area contributed by atoms with E-state index in [4.69, 9.17) is 27.9 Å². The number of nitrogens with one attached hydrogen (secondary N) is 1. The highest BCUT2D eigenvalue weighted by molar-refractivity contribution is 6.53. The Morgan fingerprint density at radius 3 is 2.20 bits per heavy atom. The summed E-state index contributed by atoms with van der Waals surface area (Å²) in [6.45, 7) is 5.25. The third-order valence-corrected chi connectivity index (χ3v) is 1.82. The highest BCUT2D eigenvalue weighted by Gasteiger charge is 2.19. The Labute approximate surface area is 98.6 Å². The number of amides is 1. The molecule has 0 aliphatic carbocycles. The second kappa shape index (κ2) is 6.69. The fraction of sp³-hybridized carbons (Fsp3) is 0.556. The van der Waals surface area contributed by atoms with E-state index < -0.39 is 16.7 Å². The number of carbonyl (C=O) groups excluding carboxylic acids is 2. The Morgan fingerprint density at radius 1 is 1.33 bits per heavy atom. The van der Waals surface area contributed by atoms with Gasteiger partial charge in [-0.2, -0.15) is 0 Å². The lowest BCUT2D eigenvalue weighted by atomic mass is 10.2. The topological polar surface area (TPSA) is 55.4 Å². The van der Waals surface area contributed by atoms with Gasteiger partial charge in [0, 0.05) is 0 Å². The van der Waals surface area contributed by atoms with Gasteiger partial charge < -0.3 is 10.1 Å². The first-order valence-corrected chi connectivity index (χ1v) is 5.21. The third kappa shape index (κ3) is 5.04. The lowest BCUT2D eigenvalue weighted by molar-refractivity contribution is -0.140. The molecule has 86 valence electrons. The van der Waals surface area contributed by atoms with Crippen molar-refractivity contribution in [2.24, 2.45) is 0 Å². The maximum absolute atomic E-state index is 11.4. The monoisotopic (exact) mass is 253 g/mol. The molecule has 0 fully saturated rings. The van der Waals surface area contributed by atoms with Gasteiger partial charge >= 0.3 is 5.97 Å². The van der Waals surface area contributed by atoms with Crippen molar-refractivity contribution in [1.29, 1.82) is 0 Å². The van der Waals surface area contributed by atoms with Gasteiger partial charge in [0.2, 0.25) is 0 Å². The van der Waals surface area contributed by atoms with E-state index in [-0.39, 0.29) is 12.3 Å². The average molecular weight is 254 g/mol. The zero-order valence-corrected chi connectivity index (χ0v) is 10.3. The van der Waals surface area contributed by atoms with Gasteiger partial charge in [-0.1, -0.05) is 23.2 Å². The predicted octanol–water partition coefficient (Wildman–Crippen LogP) is 1.76. The van der Waals surface area contributed by atoms with Crippen LogP contribution < -0.4 is 5.32 Å². The highest BCUT2D eigenvalue weighted by Crippen LogP contribution is 2.06. The van der Waals surface area contributed by atoms with E-state index in [1.807, 2.05) is 0 Å². The zero-order valence-electron chi connectivity index (χ0n) is 8.77. The van der Waals surface area contributed by atoms with Crippen molar-refractivity contribution in [3.8, 4) is 0 Å². The molecule has 0 unspecified atom stereocenters. The number of alkyl halides is 2. The highest BCUT2D eigenvalue weighted by atomic mass is 35.5. The van der Waals surface area contributed by atoms with Crippen molar-refractivity contribution in [2.75, 3.05) is 6.61 Å². The van der Waals surface area contributed by atoms with Crippen molar-refractivity contribution < 1.29 is 14.3 Å². The molecular weight excluding hydrogens is 241 g/mol. The molecule has 1 N–H and O–H groups in total. The molecule has 0 aromatic carbocycles. The maximum atomic E-state index is 11.4. The van der Waals surface area contributed by atoms with E-state index in [1.54, 1.807) is 20.8 Å². The van der Waals surface area contributed by atoms with Crippen LogP contribution in [0.4, 0.5) is 0 Å². The summed E-state index contributed by atoms with van der Waals surface area (Å²) in [6.07, 6.45) is 0. The van der Waals surface area contributed by atoms with Gasteiger partial charge in [-0.15, -0.1) is 0 Å². The fourth-order valence-corrected chi connectivity index (χ4v) is 0.870. The summed E-state index contributed by atoms with van der Waals surface area (Å²) in [5, 5.41) is 2.30. The Kier molecular flexibility index (Phi) is 6.36. The minimum Gasteiger partial charge on any atom is -0.461 e. The second-order valence-electron chi connectivity index (χ2n) is 2.89. The number of esters is 1. The largest absolute Gasteiger partial charge is 0.461 e. The lowest BCUT2D eigenvalue weighted by Crippen LogP contribution is -2.33. The number of allylic oxidation sites excluding steroid dienone is 1. The van der Waals surface area contributed by atoms with Crippen LogP contribution in [0.15, 0.2) is 11.3 Å². The van der Waals surface area contributed by atoms with Gasteiger partial charge in [-0.05, 0) is 26.3 Å². The molecule has 6 heteroatoms. The van der Waals surface area contributed by atoms with E-state index >= 15 is 0 Å². The minimum atomic E-state index is -1.21. The van der Waals surface area contributed by atoms with Crippen LogP contribution in [0.5, 0.6) is 0 Å². The zero-order chi connectivity index (χ0) is 12.0. The van der Waals surface area contributed by atoms with Crippen LogP contribution in [0.2, 0.25) is 0 Å². The standard InChI is InChI=1S/C9H13Cl2NO3/c1-4-15-9(14)6(5(2)3)12-8(13)7(10)11/h7H,4H2,1-3H3,(H,12,13). The first-order valence-electron chi connectivity index (χ1n) is 4.33. The first kappa shape index (κ1) is 14.3. The van der Waals surface area contributed by atoms with Crippen LogP contribution in [0.3, 0.4) is 0 Å². The van der Waals surface area contributed by atoms with Crippen molar-refractivity contribution in [3.05, 3.63) is 11.3 Å². The van der Waals surface area contributed by atoms with Crippen molar-refractivity contribution in [2.45, 2.75) is 25.6 Å². The van der Waals surface area contributed by atoms with E-state index in [0.717, 1.165) is 0 Å². The fourth-order valence-electron chi connectivity index (χ4n) is 0.761. The van der Waals surface area contributed by atoms with Gasteiger partial charge in [0.25, 0.3) is 5.91 Å². The molecule has 0 saturated heterocycles. The summed E-state index contributed by atoms with van der Waals surface area (Å²) < 4.78 is 4.75. The van der Waals surface area contributed by atoms with Crippen molar-refractivity contribution in [1.82, 2.24) is 5.32 Å². The smallest absolute Gasteiger partial charge is 0.354 e. The lowest BCUT2D eigenvalue weighted by Gasteiger charge is -2.10. The van der Waals surface area contributed by atoms with Gasteiger partial charge in [-0.25, -0.2) is 4.79 Å². The molecule has 1 amide bonds. The van der Waals surface area contributed by atoms with Crippen LogP contribution in [-0.4, -0.2) is 23.3 Å². The molecule has 0 aliphatic rings. The quantitative estimate of drug-likeness (QED) is 0.472. The minimum absolute atomic E-state index is 0.0770. The molecule has 0 aliphatic heterocycles. The Balaban J connectivity index is 4.66. The van der Waals surface area contributed by atoms with E-state index in [9.17, 15) is 9.59 Å².